The van der Waals surface area contributed by atoms with E-state index in [1.165, 1.54) is 18.3 Å². The number of carboxylic acid groups (broad SMARTS) is 2. The number of amides is 1. The molecule has 1 amide bonds. The monoisotopic (exact) mass is 512 g/mol. The number of fused-ring (bicyclic) bond motifs is 1. The number of carbonyl (C=O) groups is 3. The first-order valence-electron chi connectivity index (χ1n) is 9.32. The molecule has 0 aliphatic heterocycles. The number of aromatic nitrogens is 4. The van der Waals surface area contributed by atoms with Crippen molar-refractivity contribution < 1.29 is 47.1 Å². The third kappa shape index (κ3) is 7.23. The number of anilines is 2. The Morgan fingerprint density at radius 3 is 2.47 bits per heavy atom. The van der Waals surface area contributed by atoms with E-state index in [4.69, 9.17) is 10.8 Å². The van der Waals surface area contributed by atoms with Gasteiger partial charge in [-0.3, -0.25) is 14.6 Å². The van der Waals surface area contributed by atoms with E-state index >= 15 is 0 Å². The number of nitrogens with two attached hydrogens (primary N) is 1. The number of nitrogens with one attached hydrogen (secondary N) is 3. The Morgan fingerprint density at radius 1 is 1.18 bits per heavy atom. The first kappa shape index (κ1) is 28.0. The zero-order valence-electron chi connectivity index (χ0n) is 17.3. The zero-order chi connectivity index (χ0) is 23.3. The minimum Gasteiger partial charge on any atom is -2.00 e. The molecule has 1 radical (unpaired) electrons. The van der Waals surface area contributed by atoms with Gasteiger partial charge in [-0.2, -0.15) is 4.98 Å². The van der Waals surface area contributed by atoms with Crippen molar-refractivity contribution in [2.24, 2.45) is 0 Å². The minimum atomic E-state index is -1.40. The Hall–Kier alpha value is -4.07. The maximum absolute atomic E-state index is 12.3. The first-order chi connectivity index (χ1) is 15.2. The number of hydrogen-bond donors (Lipinski definition) is 5. The molecule has 0 aliphatic rings. The van der Waals surface area contributed by atoms with Crippen LogP contribution in [0.15, 0.2) is 35.3 Å². The van der Waals surface area contributed by atoms with Crippen molar-refractivity contribution >= 4 is 40.6 Å². The molecule has 1 atom stereocenters. The molecule has 0 bridgehead atoms. The summed E-state index contributed by atoms with van der Waals surface area (Å²) in [5, 5.41) is 25.0. The molecule has 6 N–H and O–H groups in total. The molecule has 1 aromatic carbocycles. The van der Waals surface area contributed by atoms with Gasteiger partial charge < -0.3 is 36.9 Å². The van der Waals surface area contributed by atoms with Gasteiger partial charge in [-0.25, -0.2) is 14.8 Å². The second-order valence-corrected chi connectivity index (χ2v) is 6.69. The van der Waals surface area contributed by atoms with Crippen LogP contribution in [0.3, 0.4) is 0 Å². The summed E-state index contributed by atoms with van der Waals surface area (Å²) >= 11 is 0. The second-order valence-electron chi connectivity index (χ2n) is 6.69. The van der Waals surface area contributed by atoms with Gasteiger partial charge in [0.05, 0.1) is 18.4 Å². The maximum Gasteiger partial charge on any atom is 3.00 e. The molecule has 0 aliphatic carbocycles. The van der Waals surface area contributed by atoms with Crippen LogP contribution in [0.4, 0.5) is 11.6 Å². The number of hydrogen-bond acceptors (Lipinski definition) is 10. The summed E-state index contributed by atoms with van der Waals surface area (Å²) < 4.78 is 0. The second kappa shape index (κ2) is 12.2. The van der Waals surface area contributed by atoms with Crippen LogP contribution < -0.4 is 27.0 Å². The maximum atomic E-state index is 12.3. The van der Waals surface area contributed by atoms with Crippen LogP contribution in [0.25, 0.3) is 11.2 Å². The molecule has 3 aromatic rings. The Bertz CT molecular complexity index is 1230. The zero-order valence-corrected chi connectivity index (χ0v) is 18.4. The van der Waals surface area contributed by atoms with Crippen molar-refractivity contribution in [3.05, 3.63) is 52.1 Å². The Kier molecular flexibility index (Phi) is 10.1. The molecule has 0 unspecified atom stereocenters. The normalized spacial score (nSPS) is 10.9. The summed E-state index contributed by atoms with van der Waals surface area (Å²) in [4.78, 5) is 60.4. The summed E-state index contributed by atoms with van der Waals surface area (Å²) in [6.07, 6.45) is 0.662. The Balaban J connectivity index is 0.00000289. The number of nitrogen functional groups attached to an aromatic ring is 1. The molecule has 14 nitrogen and oxygen atoms in total. The van der Waals surface area contributed by atoms with Crippen molar-refractivity contribution in [1.29, 1.82) is 0 Å². The summed E-state index contributed by atoms with van der Waals surface area (Å²) in [5.74, 6) is -3.46. The van der Waals surface area contributed by atoms with E-state index in [1.807, 2.05) is 0 Å². The molecular formula is C19H18FeN7O7. The molecule has 179 valence electrons. The van der Waals surface area contributed by atoms with Crippen molar-refractivity contribution in [1.82, 2.24) is 25.3 Å². The number of benzene rings is 1. The fourth-order valence-electron chi connectivity index (χ4n) is 2.75. The predicted octanol–water partition coefficient (Wildman–Crippen LogP) is -1.50. The van der Waals surface area contributed by atoms with Gasteiger partial charge in [0.2, 0.25) is 5.95 Å². The number of H-pyrrole nitrogens is 1. The number of carbonyl (C=O) groups excluding carboxylic acids is 2. The van der Waals surface area contributed by atoms with Gasteiger partial charge >= 0.3 is 23.0 Å². The van der Waals surface area contributed by atoms with Crippen LogP contribution in [-0.2, 0) is 38.7 Å². The molecule has 15 heteroatoms. The molecule has 0 fully saturated rings. The fourth-order valence-corrected chi connectivity index (χ4v) is 2.75. The Labute approximate surface area is 201 Å². The summed E-state index contributed by atoms with van der Waals surface area (Å²) in [6, 6.07) is 4.78. The van der Waals surface area contributed by atoms with E-state index in [0.717, 1.165) is 0 Å². The molecule has 0 saturated carbocycles. The molecule has 3 rings (SSSR count). The van der Waals surface area contributed by atoms with Crippen LogP contribution >= 0.6 is 0 Å². The van der Waals surface area contributed by atoms with Gasteiger partial charge in [0.25, 0.3) is 11.5 Å². The van der Waals surface area contributed by atoms with Crippen molar-refractivity contribution in [3.8, 4) is 0 Å². The van der Waals surface area contributed by atoms with Crippen LogP contribution in [0, 0.1) is 0 Å². The Morgan fingerprint density at radius 2 is 1.85 bits per heavy atom. The predicted molar refractivity (Wildman–Crippen MR) is 110 cm³/mol. The number of nitrogens with zero attached hydrogens (tertiary/aromatic N) is 3. The van der Waals surface area contributed by atoms with Crippen molar-refractivity contribution in [2.75, 3.05) is 11.1 Å². The van der Waals surface area contributed by atoms with Gasteiger partial charge in [0.1, 0.15) is 6.04 Å². The third-order valence-electron chi connectivity index (χ3n) is 4.35. The number of aliphatic carboxylic acids is 2. The van der Waals surface area contributed by atoms with Crippen molar-refractivity contribution in [3.63, 3.8) is 0 Å². The van der Waals surface area contributed by atoms with Crippen LogP contribution in [0.2, 0.25) is 0 Å². The largest absolute Gasteiger partial charge is 3.00 e. The van der Waals surface area contributed by atoms with Gasteiger partial charge in [-0.1, -0.05) is 0 Å². The standard InChI is InChI=1S/C19H19N7O6.Fe.O/c20-19-25-15-14(17(30)26-19)23-11(8-22-15)7-21-10-3-1-9(2-4-10)16(29)24-12(18(31)32)5-6-13(27)28;;/h1-4,8,12,21H,5-7H2,(H,24,29)(H,27,28)(H,31,32)(H3,20,22,25,26,30);;/q;+3;-2/p-1/t12-;;/m0../s1. The minimum absolute atomic E-state index is 0. The van der Waals surface area contributed by atoms with Gasteiger partial charge in [-0.05, 0) is 37.1 Å². The quantitative estimate of drug-likeness (QED) is 0.206. The van der Waals surface area contributed by atoms with Crippen LogP contribution in [-0.4, -0.2) is 48.9 Å². The SMILES string of the molecule is Nc1nc2ncc(CNc3ccc(C(=O)N[C@@H](CCC(=O)[O-])C(=O)O)cc3)nc2c(=O)[nH]1.[Fe+3].[O-2]. The summed E-state index contributed by atoms with van der Waals surface area (Å²) in [7, 11) is 0. The van der Waals surface area contributed by atoms with E-state index < -0.39 is 35.9 Å². The van der Waals surface area contributed by atoms with Gasteiger partial charge in [-0.15, -0.1) is 0 Å². The van der Waals surface area contributed by atoms with E-state index in [1.54, 1.807) is 12.1 Å². The van der Waals surface area contributed by atoms with E-state index in [2.05, 4.69) is 30.6 Å². The molecule has 34 heavy (non-hydrogen) atoms. The van der Waals surface area contributed by atoms with Crippen LogP contribution in [0.5, 0.6) is 0 Å². The molecule has 0 saturated heterocycles. The topological polar surface area (TPSA) is 245 Å². The molecule has 2 aromatic heterocycles. The van der Waals surface area contributed by atoms with E-state index in [-0.39, 0.29) is 58.2 Å². The van der Waals surface area contributed by atoms with Gasteiger partial charge in [0, 0.05) is 17.2 Å². The average Bonchev–Trinajstić information content (AvgIpc) is 2.75. The number of carboxylic acids is 2. The number of aromatic amines is 1. The molecule has 0 spiro atoms. The fraction of sp³-hybridized carbons (Fsp3) is 0.211. The van der Waals surface area contributed by atoms with E-state index in [9.17, 15) is 24.3 Å². The van der Waals surface area contributed by atoms with E-state index in [0.29, 0.717) is 11.4 Å². The molecular weight excluding hydrogens is 494 g/mol. The van der Waals surface area contributed by atoms with Crippen molar-refractivity contribution in [2.45, 2.75) is 25.4 Å². The van der Waals surface area contributed by atoms with Gasteiger partial charge in [0.15, 0.2) is 11.2 Å². The van der Waals surface area contributed by atoms with Crippen LogP contribution in [0.1, 0.15) is 28.9 Å². The average molecular weight is 512 g/mol. The summed E-state index contributed by atoms with van der Waals surface area (Å²) in [5.41, 5.74) is 6.43. The molecule has 2 heterocycles. The first-order valence-corrected chi connectivity index (χ1v) is 9.32. The smallest absolute Gasteiger partial charge is 2.00 e. The summed E-state index contributed by atoms with van der Waals surface area (Å²) in [6.45, 7) is 0.225. The third-order valence-corrected chi connectivity index (χ3v) is 4.35. The number of rotatable bonds is 9.